The molecule has 0 aliphatic carbocycles. The number of piperidine rings is 1. The topological polar surface area (TPSA) is 79.7 Å². The minimum atomic E-state index is 0.146. The number of nitrogens with one attached hydrogen (secondary N) is 1. The highest BCUT2D eigenvalue weighted by Gasteiger charge is 2.28. The summed E-state index contributed by atoms with van der Waals surface area (Å²) in [5.41, 5.74) is 2.75. The summed E-state index contributed by atoms with van der Waals surface area (Å²) >= 11 is 0. The number of hydrogen-bond donors (Lipinski definition) is 1. The van der Waals surface area contributed by atoms with Gasteiger partial charge in [-0.3, -0.25) is 9.48 Å². The standard InChI is InChI=1S/C18H22N6O/c1-23-12-13(11-20-23)15-6-2-3-10-24(15)17(25)8-7-16-21-14-5-4-9-19-18(14)22-16/h4-5,9,11-12,15H,2-3,6-8,10H2,1H3,(H,19,21,22). The number of fused-ring (bicyclic) bond motifs is 1. The van der Waals surface area contributed by atoms with Gasteiger partial charge in [0.1, 0.15) is 5.82 Å². The first-order valence-electron chi connectivity index (χ1n) is 8.78. The largest absolute Gasteiger partial charge is 0.341 e. The van der Waals surface area contributed by atoms with Gasteiger partial charge in [-0.15, -0.1) is 0 Å². The van der Waals surface area contributed by atoms with Crippen molar-refractivity contribution in [2.45, 2.75) is 38.1 Å². The average molecular weight is 338 g/mol. The van der Waals surface area contributed by atoms with Crippen molar-refractivity contribution >= 4 is 17.1 Å². The highest BCUT2D eigenvalue weighted by Crippen LogP contribution is 2.31. The van der Waals surface area contributed by atoms with Crippen LogP contribution < -0.4 is 0 Å². The van der Waals surface area contributed by atoms with Gasteiger partial charge in [-0.25, -0.2) is 9.97 Å². The van der Waals surface area contributed by atoms with Gasteiger partial charge < -0.3 is 9.88 Å². The Morgan fingerprint density at radius 3 is 3.12 bits per heavy atom. The van der Waals surface area contributed by atoms with Crippen molar-refractivity contribution in [2.24, 2.45) is 7.05 Å². The first-order chi connectivity index (χ1) is 12.2. The molecule has 1 unspecified atom stereocenters. The number of aryl methyl sites for hydroxylation is 2. The van der Waals surface area contributed by atoms with E-state index in [4.69, 9.17) is 0 Å². The van der Waals surface area contributed by atoms with Crippen LogP contribution in [0.5, 0.6) is 0 Å². The van der Waals surface area contributed by atoms with E-state index < -0.39 is 0 Å². The molecule has 0 aromatic carbocycles. The van der Waals surface area contributed by atoms with Crippen molar-refractivity contribution in [1.82, 2.24) is 29.6 Å². The van der Waals surface area contributed by atoms with E-state index in [1.165, 1.54) is 0 Å². The number of rotatable bonds is 4. The normalized spacial score (nSPS) is 18.0. The SMILES string of the molecule is Cn1cc(C2CCCCN2C(=O)CCc2nc3ncccc3[nH]2)cn1. The Labute approximate surface area is 146 Å². The number of H-pyrrole nitrogens is 1. The third-order valence-corrected chi connectivity index (χ3v) is 4.81. The molecule has 1 amide bonds. The van der Waals surface area contributed by atoms with Crippen molar-refractivity contribution in [3.63, 3.8) is 0 Å². The van der Waals surface area contributed by atoms with Gasteiger partial charge in [-0.2, -0.15) is 5.10 Å². The number of pyridine rings is 1. The molecule has 3 aromatic heterocycles. The van der Waals surface area contributed by atoms with Crippen LogP contribution in [0, 0.1) is 0 Å². The molecule has 25 heavy (non-hydrogen) atoms. The molecule has 0 spiro atoms. The van der Waals surface area contributed by atoms with Crippen LogP contribution in [0.4, 0.5) is 0 Å². The van der Waals surface area contributed by atoms with Crippen molar-refractivity contribution in [2.75, 3.05) is 6.54 Å². The van der Waals surface area contributed by atoms with Crippen molar-refractivity contribution in [1.29, 1.82) is 0 Å². The third-order valence-electron chi connectivity index (χ3n) is 4.81. The molecule has 4 rings (SSSR count). The van der Waals surface area contributed by atoms with Crippen molar-refractivity contribution in [3.8, 4) is 0 Å². The average Bonchev–Trinajstić information content (AvgIpc) is 3.25. The molecule has 1 aliphatic heterocycles. The molecule has 4 heterocycles. The van der Waals surface area contributed by atoms with Crippen molar-refractivity contribution in [3.05, 3.63) is 42.1 Å². The number of carbonyl (C=O) groups is 1. The van der Waals surface area contributed by atoms with E-state index in [2.05, 4.69) is 20.1 Å². The summed E-state index contributed by atoms with van der Waals surface area (Å²) in [7, 11) is 1.91. The zero-order chi connectivity index (χ0) is 17.2. The molecule has 1 N–H and O–H groups in total. The van der Waals surface area contributed by atoms with Gasteiger partial charge in [0, 0.05) is 44.4 Å². The van der Waals surface area contributed by atoms with Crippen LogP contribution in [0.1, 0.15) is 43.1 Å². The Morgan fingerprint density at radius 2 is 2.32 bits per heavy atom. The minimum Gasteiger partial charge on any atom is -0.341 e. The van der Waals surface area contributed by atoms with Crippen LogP contribution in [0.25, 0.3) is 11.2 Å². The van der Waals surface area contributed by atoms with E-state index >= 15 is 0 Å². The van der Waals surface area contributed by atoms with E-state index in [0.717, 1.165) is 42.7 Å². The third kappa shape index (κ3) is 3.26. The second kappa shape index (κ2) is 6.66. The maximum atomic E-state index is 12.8. The first-order valence-corrected chi connectivity index (χ1v) is 8.78. The smallest absolute Gasteiger partial charge is 0.223 e. The summed E-state index contributed by atoms with van der Waals surface area (Å²) in [6.07, 6.45) is 9.90. The maximum Gasteiger partial charge on any atom is 0.223 e. The molecule has 1 aliphatic rings. The van der Waals surface area contributed by atoms with Crippen LogP contribution in [0.2, 0.25) is 0 Å². The number of aromatic amines is 1. The fraction of sp³-hybridized carbons (Fsp3) is 0.444. The zero-order valence-corrected chi connectivity index (χ0v) is 14.4. The fourth-order valence-electron chi connectivity index (χ4n) is 3.57. The quantitative estimate of drug-likeness (QED) is 0.792. The van der Waals surface area contributed by atoms with Gasteiger partial charge in [-0.1, -0.05) is 0 Å². The molecule has 1 atom stereocenters. The van der Waals surface area contributed by atoms with Gasteiger partial charge in [0.25, 0.3) is 0 Å². The lowest BCUT2D eigenvalue weighted by molar-refractivity contribution is -0.135. The fourth-order valence-corrected chi connectivity index (χ4v) is 3.57. The highest BCUT2D eigenvalue weighted by molar-refractivity contribution is 5.77. The Morgan fingerprint density at radius 1 is 1.40 bits per heavy atom. The molecule has 0 radical (unpaired) electrons. The predicted octanol–water partition coefficient (Wildman–Crippen LogP) is 2.38. The monoisotopic (exact) mass is 338 g/mol. The van der Waals surface area contributed by atoms with Gasteiger partial charge in [0.15, 0.2) is 5.65 Å². The summed E-state index contributed by atoms with van der Waals surface area (Å²) in [4.78, 5) is 26.8. The van der Waals surface area contributed by atoms with Crippen molar-refractivity contribution < 1.29 is 4.79 Å². The molecule has 0 saturated carbocycles. The van der Waals surface area contributed by atoms with Crippen LogP contribution in [0.3, 0.4) is 0 Å². The number of hydrogen-bond acceptors (Lipinski definition) is 4. The Balaban J connectivity index is 1.45. The number of likely N-dealkylation sites (tertiary alicyclic amines) is 1. The number of nitrogens with zero attached hydrogens (tertiary/aromatic N) is 5. The lowest BCUT2D eigenvalue weighted by Crippen LogP contribution is -2.38. The van der Waals surface area contributed by atoms with E-state index in [-0.39, 0.29) is 11.9 Å². The lowest BCUT2D eigenvalue weighted by Gasteiger charge is -2.35. The summed E-state index contributed by atoms with van der Waals surface area (Å²) < 4.78 is 1.80. The number of imidazole rings is 1. The van der Waals surface area contributed by atoms with E-state index in [1.54, 1.807) is 10.9 Å². The Kier molecular flexibility index (Phi) is 4.21. The Hall–Kier alpha value is -2.70. The molecular weight excluding hydrogens is 316 g/mol. The van der Waals surface area contributed by atoms with Crippen LogP contribution in [0.15, 0.2) is 30.7 Å². The lowest BCUT2D eigenvalue weighted by atomic mass is 9.97. The summed E-state index contributed by atoms with van der Waals surface area (Å²) in [5, 5.41) is 4.26. The number of amides is 1. The zero-order valence-electron chi connectivity index (χ0n) is 14.4. The van der Waals surface area contributed by atoms with Gasteiger partial charge in [0.05, 0.1) is 17.8 Å². The molecule has 130 valence electrons. The second-order valence-electron chi connectivity index (χ2n) is 6.60. The van der Waals surface area contributed by atoms with E-state index in [1.807, 2.05) is 36.5 Å². The van der Waals surface area contributed by atoms with E-state index in [9.17, 15) is 4.79 Å². The van der Waals surface area contributed by atoms with Crippen LogP contribution >= 0.6 is 0 Å². The number of carbonyl (C=O) groups excluding carboxylic acids is 1. The first kappa shape index (κ1) is 15.8. The highest BCUT2D eigenvalue weighted by atomic mass is 16.2. The minimum absolute atomic E-state index is 0.146. The second-order valence-corrected chi connectivity index (χ2v) is 6.60. The molecule has 3 aromatic rings. The summed E-state index contributed by atoms with van der Waals surface area (Å²) in [5.74, 6) is 0.999. The van der Waals surface area contributed by atoms with E-state index in [0.29, 0.717) is 18.5 Å². The number of aromatic nitrogens is 5. The van der Waals surface area contributed by atoms with Crippen LogP contribution in [-0.4, -0.2) is 42.1 Å². The van der Waals surface area contributed by atoms with Gasteiger partial charge in [-0.05, 0) is 31.4 Å². The van der Waals surface area contributed by atoms with Gasteiger partial charge in [0.2, 0.25) is 5.91 Å². The predicted molar refractivity (Wildman–Crippen MR) is 93.7 cm³/mol. The maximum absolute atomic E-state index is 12.8. The summed E-state index contributed by atoms with van der Waals surface area (Å²) in [6.45, 7) is 0.820. The Bertz CT molecular complexity index is 849. The summed E-state index contributed by atoms with van der Waals surface area (Å²) in [6, 6.07) is 3.97. The molecule has 1 fully saturated rings. The van der Waals surface area contributed by atoms with Crippen LogP contribution in [-0.2, 0) is 18.3 Å². The van der Waals surface area contributed by atoms with Gasteiger partial charge >= 0.3 is 0 Å². The molecule has 1 saturated heterocycles. The molecule has 7 nitrogen and oxygen atoms in total. The molecule has 7 heteroatoms. The molecular formula is C18H22N6O. The molecule has 0 bridgehead atoms.